The van der Waals surface area contributed by atoms with Crippen molar-refractivity contribution in [3.05, 3.63) is 41.1 Å². The van der Waals surface area contributed by atoms with Gasteiger partial charge in [-0.25, -0.2) is 9.97 Å². The quantitative estimate of drug-likeness (QED) is 0.808. The van der Waals surface area contributed by atoms with Gasteiger partial charge in [0, 0.05) is 49.2 Å². The Morgan fingerprint density at radius 1 is 1.20 bits per heavy atom. The predicted molar refractivity (Wildman–Crippen MR) is 98.4 cm³/mol. The number of piperidine rings is 1. The molecule has 2 aromatic heterocycles. The van der Waals surface area contributed by atoms with E-state index in [1.165, 1.54) is 12.8 Å². The maximum absolute atomic E-state index is 6.10. The second-order valence-corrected chi connectivity index (χ2v) is 7.45. The maximum Gasteiger partial charge on any atom is 0.141 e. The van der Waals surface area contributed by atoms with Gasteiger partial charge in [-0.15, -0.1) is 0 Å². The van der Waals surface area contributed by atoms with Crippen LogP contribution in [-0.4, -0.2) is 34.6 Å². The first kappa shape index (κ1) is 16.6. The summed E-state index contributed by atoms with van der Waals surface area (Å²) in [6, 6.07) is 3.93. The van der Waals surface area contributed by atoms with Gasteiger partial charge >= 0.3 is 0 Å². The summed E-state index contributed by atoms with van der Waals surface area (Å²) in [4.78, 5) is 15.8. The molecule has 2 fully saturated rings. The third-order valence-electron chi connectivity index (χ3n) is 4.95. The number of hydrogen-bond acceptors (Lipinski definition) is 5. The van der Waals surface area contributed by atoms with Crippen molar-refractivity contribution in [3.63, 3.8) is 0 Å². The lowest BCUT2D eigenvalue weighted by Gasteiger charge is -2.33. The second kappa shape index (κ2) is 7.16. The fourth-order valence-electron chi connectivity index (χ4n) is 3.28. The molecule has 0 amide bonds. The van der Waals surface area contributed by atoms with Gasteiger partial charge < -0.3 is 9.64 Å². The molecule has 0 bridgehead atoms. The number of aromatic nitrogens is 3. The molecule has 3 heterocycles. The first-order valence-corrected chi connectivity index (χ1v) is 9.39. The Hall–Kier alpha value is -1.88. The molecule has 1 saturated heterocycles. The summed E-state index contributed by atoms with van der Waals surface area (Å²) in [7, 11) is 0. The Labute approximate surface area is 153 Å². The first-order valence-electron chi connectivity index (χ1n) is 9.02. The van der Waals surface area contributed by atoms with Crippen LogP contribution < -0.4 is 9.64 Å². The van der Waals surface area contributed by atoms with Crippen LogP contribution in [0.2, 0.25) is 5.02 Å². The van der Waals surface area contributed by atoms with Crippen molar-refractivity contribution in [3.8, 4) is 5.75 Å². The summed E-state index contributed by atoms with van der Waals surface area (Å²) < 4.78 is 5.88. The average Bonchev–Trinajstić information content (AvgIpc) is 3.46. The normalized spacial score (nSPS) is 18.4. The van der Waals surface area contributed by atoms with Crippen LogP contribution in [0.25, 0.3) is 0 Å². The molecule has 132 valence electrons. The molecule has 2 aliphatic rings. The number of pyridine rings is 1. The zero-order valence-corrected chi connectivity index (χ0v) is 15.2. The largest absolute Gasteiger partial charge is 0.492 e. The van der Waals surface area contributed by atoms with Crippen LogP contribution in [0.15, 0.2) is 24.5 Å². The van der Waals surface area contributed by atoms with Crippen molar-refractivity contribution in [1.82, 2.24) is 15.0 Å². The van der Waals surface area contributed by atoms with Crippen LogP contribution in [0.3, 0.4) is 0 Å². The molecule has 5 nitrogen and oxygen atoms in total. The molecule has 1 aliphatic heterocycles. The van der Waals surface area contributed by atoms with Crippen LogP contribution in [0.4, 0.5) is 5.82 Å². The molecule has 4 rings (SSSR count). The molecule has 0 aromatic carbocycles. The molecular formula is C19H23ClN4O. The topological polar surface area (TPSA) is 51.1 Å². The monoisotopic (exact) mass is 358 g/mol. The minimum absolute atomic E-state index is 0.548. The number of hydrogen-bond donors (Lipinski definition) is 0. The van der Waals surface area contributed by atoms with Crippen LogP contribution in [0.5, 0.6) is 5.75 Å². The van der Waals surface area contributed by atoms with E-state index in [0.717, 1.165) is 49.0 Å². The van der Waals surface area contributed by atoms with Crippen molar-refractivity contribution >= 4 is 17.4 Å². The minimum atomic E-state index is 0.548. The van der Waals surface area contributed by atoms with E-state index in [1.807, 2.05) is 6.07 Å². The Kier molecular flexibility index (Phi) is 4.75. The smallest absolute Gasteiger partial charge is 0.141 e. The molecule has 1 saturated carbocycles. The number of aryl methyl sites for hydroxylation is 1. The summed E-state index contributed by atoms with van der Waals surface area (Å²) in [6.07, 6.45) is 8.00. The summed E-state index contributed by atoms with van der Waals surface area (Å²) in [5, 5.41) is 0.573. The highest BCUT2D eigenvalue weighted by Gasteiger charge is 2.28. The van der Waals surface area contributed by atoms with Gasteiger partial charge in [-0.1, -0.05) is 11.6 Å². The summed E-state index contributed by atoms with van der Waals surface area (Å²) >= 11 is 6.10. The maximum atomic E-state index is 6.10. The lowest BCUT2D eigenvalue weighted by molar-refractivity contribution is 0.222. The highest BCUT2D eigenvalue weighted by molar-refractivity contribution is 6.31. The number of halogens is 1. The van der Waals surface area contributed by atoms with E-state index in [-0.39, 0.29) is 0 Å². The van der Waals surface area contributed by atoms with E-state index in [2.05, 4.69) is 27.9 Å². The zero-order chi connectivity index (χ0) is 17.2. The number of rotatable bonds is 5. The molecule has 0 radical (unpaired) electrons. The summed E-state index contributed by atoms with van der Waals surface area (Å²) in [5.74, 6) is 3.99. The molecule has 2 aromatic rings. The Bertz CT molecular complexity index is 742. The van der Waals surface area contributed by atoms with Gasteiger partial charge in [0.1, 0.15) is 22.4 Å². The lowest BCUT2D eigenvalue weighted by atomic mass is 9.98. The molecule has 0 atom stereocenters. The van der Waals surface area contributed by atoms with Crippen LogP contribution >= 0.6 is 11.6 Å². The molecule has 0 spiro atoms. The average molecular weight is 359 g/mol. The summed E-state index contributed by atoms with van der Waals surface area (Å²) in [5.41, 5.74) is 1.07. The van der Waals surface area contributed by atoms with Gasteiger partial charge in [-0.2, -0.15) is 0 Å². The lowest BCUT2D eigenvalue weighted by Crippen LogP contribution is -2.36. The van der Waals surface area contributed by atoms with E-state index >= 15 is 0 Å². The highest BCUT2D eigenvalue weighted by Crippen LogP contribution is 2.38. The number of anilines is 1. The van der Waals surface area contributed by atoms with Gasteiger partial charge in [0.25, 0.3) is 0 Å². The van der Waals surface area contributed by atoms with Crippen molar-refractivity contribution in [1.29, 1.82) is 0 Å². The third-order valence-corrected chi connectivity index (χ3v) is 5.23. The predicted octanol–water partition coefficient (Wildman–Crippen LogP) is 4.01. The van der Waals surface area contributed by atoms with E-state index in [0.29, 0.717) is 23.5 Å². The fourth-order valence-corrected chi connectivity index (χ4v) is 3.45. The Morgan fingerprint density at radius 2 is 2.00 bits per heavy atom. The standard InChI is InChI=1S/C19H23ClN4O/c1-13-10-18(23-19(22-13)15-2-3-15)24-8-5-14(6-9-24)12-25-17-4-7-21-11-16(17)20/h4,7,10-11,14-15H,2-3,5-6,8-9,12H2,1H3. The van der Waals surface area contributed by atoms with Crippen molar-refractivity contribution in [2.24, 2.45) is 5.92 Å². The molecule has 1 aliphatic carbocycles. The van der Waals surface area contributed by atoms with Crippen LogP contribution in [-0.2, 0) is 0 Å². The van der Waals surface area contributed by atoms with Crippen molar-refractivity contribution in [2.75, 3.05) is 24.6 Å². The molecular weight excluding hydrogens is 336 g/mol. The molecule has 0 unspecified atom stereocenters. The number of ether oxygens (including phenoxy) is 1. The van der Waals surface area contributed by atoms with Crippen LogP contribution in [0.1, 0.15) is 43.1 Å². The van der Waals surface area contributed by atoms with E-state index < -0.39 is 0 Å². The van der Waals surface area contributed by atoms with Crippen molar-refractivity contribution < 1.29 is 4.74 Å². The van der Waals surface area contributed by atoms with Gasteiger partial charge in [0.15, 0.2) is 0 Å². The van der Waals surface area contributed by atoms with Crippen molar-refractivity contribution in [2.45, 2.75) is 38.5 Å². The Morgan fingerprint density at radius 3 is 2.72 bits per heavy atom. The fraction of sp³-hybridized carbons (Fsp3) is 0.526. The molecule has 25 heavy (non-hydrogen) atoms. The van der Waals surface area contributed by atoms with E-state index in [9.17, 15) is 0 Å². The molecule has 0 N–H and O–H groups in total. The highest BCUT2D eigenvalue weighted by atomic mass is 35.5. The van der Waals surface area contributed by atoms with Gasteiger partial charge in [0.2, 0.25) is 0 Å². The van der Waals surface area contributed by atoms with Gasteiger partial charge in [0.05, 0.1) is 6.61 Å². The second-order valence-electron chi connectivity index (χ2n) is 7.05. The van der Waals surface area contributed by atoms with Crippen LogP contribution in [0, 0.1) is 12.8 Å². The van der Waals surface area contributed by atoms with E-state index in [4.69, 9.17) is 21.3 Å². The first-order chi connectivity index (χ1) is 12.2. The minimum Gasteiger partial charge on any atom is -0.492 e. The third kappa shape index (κ3) is 4.03. The van der Waals surface area contributed by atoms with Gasteiger partial charge in [-0.05, 0) is 38.5 Å². The zero-order valence-electron chi connectivity index (χ0n) is 14.5. The van der Waals surface area contributed by atoms with Gasteiger partial charge in [-0.3, -0.25) is 4.98 Å². The molecule has 6 heteroatoms. The Balaban J connectivity index is 1.33. The summed E-state index contributed by atoms with van der Waals surface area (Å²) in [6.45, 7) is 4.79. The SMILES string of the molecule is Cc1cc(N2CCC(COc3ccncc3Cl)CC2)nc(C2CC2)n1. The van der Waals surface area contributed by atoms with E-state index in [1.54, 1.807) is 12.4 Å². The number of nitrogens with zero attached hydrogens (tertiary/aromatic N) is 4.